The van der Waals surface area contributed by atoms with Gasteiger partial charge in [-0.1, -0.05) is 35.3 Å². The van der Waals surface area contributed by atoms with E-state index in [-0.39, 0.29) is 10.7 Å². The largest absolute Gasteiger partial charge is 0.350 e. The van der Waals surface area contributed by atoms with E-state index in [9.17, 15) is 9.59 Å². The number of aryl methyl sites for hydroxylation is 2. The lowest BCUT2D eigenvalue weighted by molar-refractivity contribution is -0.120. The molecule has 0 fully saturated rings. The van der Waals surface area contributed by atoms with E-state index in [0.717, 1.165) is 16.0 Å². The molecule has 25 heavy (non-hydrogen) atoms. The number of amides is 2. The van der Waals surface area contributed by atoms with Crippen LogP contribution in [0.2, 0.25) is 5.02 Å². The third-order valence-electron chi connectivity index (χ3n) is 4.28. The molecule has 0 atom stereocenters. The molecule has 3 rings (SSSR count). The predicted molar refractivity (Wildman–Crippen MR) is 101 cm³/mol. The van der Waals surface area contributed by atoms with E-state index in [1.165, 1.54) is 0 Å². The minimum atomic E-state index is -0.566. The Morgan fingerprint density at radius 1 is 0.920 bits per heavy atom. The number of hydrogen-bond acceptors (Lipinski definition) is 3. The number of carbonyl (C=O) groups is 2. The maximum Gasteiger partial charge on any atom is 0.283 e. The smallest absolute Gasteiger partial charge is 0.283 e. The summed E-state index contributed by atoms with van der Waals surface area (Å²) >= 11 is 12.3. The van der Waals surface area contributed by atoms with Crippen molar-refractivity contribution in [3.05, 3.63) is 68.8 Å². The third-order valence-corrected chi connectivity index (χ3v) is 5.04. The number of carbonyl (C=O) groups excluding carboxylic acids is 2. The Kier molecular flexibility index (Phi) is 4.58. The second kappa shape index (κ2) is 6.54. The minimum Gasteiger partial charge on any atom is -0.350 e. The molecule has 6 heteroatoms. The van der Waals surface area contributed by atoms with Gasteiger partial charge < -0.3 is 5.32 Å². The molecule has 0 bridgehead atoms. The SMILES string of the molecule is Cc1ccc(NC2=C(Cl)C(=O)N(c3cccc(Cl)c3C)C2=O)cc1C. The van der Waals surface area contributed by atoms with Crippen LogP contribution in [0.4, 0.5) is 11.4 Å². The van der Waals surface area contributed by atoms with Crippen LogP contribution in [0, 0.1) is 20.8 Å². The van der Waals surface area contributed by atoms with Crippen molar-refractivity contribution in [2.24, 2.45) is 0 Å². The summed E-state index contributed by atoms with van der Waals surface area (Å²) in [5.74, 6) is -1.07. The summed E-state index contributed by atoms with van der Waals surface area (Å²) in [7, 11) is 0. The summed E-state index contributed by atoms with van der Waals surface area (Å²) < 4.78 is 0. The standard InChI is InChI=1S/C19H16Cl2N2O2/c1-10-7-8-13(9-11(10)2)22-17-16(21)18(24)23(19(17)25)15-6-4-5-14(20)12(15)3/h4-9,22H,1-3H3. The topological polar surface area (TPSA) is 49.4 Å². The number of halogens is 2. The van der Waals surface area contributed by atoms with E-state index >= 15 is 0 Å². The number of benzene rings is 2. The van der Waals surface area contributed by atoms with Crippen LogP contribution < -0.4 is 10.2 Å². The zero-order valence-electron chi connectivity index (χ0n) is 14.0. The fourth-order valence-electron chi connectivity index (χ4n) is 2.63. The second-order valence-corrected chi connectivity index (χ2v) is 6.73. The Bertz CT molecular complexity index is 935. The van der Waals surface area contributed by atoms with Crippen LogP contribution in [0.15, 0.2) is 47.1 Å². The molecule has 2 aromatic rings. The van der Waals surface area contributed by atoms with E-state index in [1.807, 2.05) is 32.0 Å². The molecule has 128 valence electrons. The van der Waals surface area contributed by atoms with Crippen LogP contribution in [0.25, 0.3) is 0 Å². The average molecular weight is 375 g/mol. The highest BCUT2D eigenvalue weighted by Crippen LogP contribution is 2.34. The lowest BCUT2D eigenvalue weighted by Gasteiger charge is -2.18. The molecule has 1 N–H and O–H groups in total. The molecule has 0 saturated carbocycles. The van der Waals surface area contributed by atoms with E-state index in [4.69, 9.17) is 23.2 Å². The maximum absolute atomic E-state index is 12.8. The maximum atomic E-state index is 12.8. The quantitative estimate of drug-likeness (QED) is 0.791. The minimum absolute atomic E-state index is 0.0642. The van der Waals surface area contributed by atoms with Crippen LogP contribution in [-0.4, -0.2) is 11.8 Å². The molecule has 0 unspecified atom stereocenters. The molecule has 1 aliphatic heterocycles. The lowest BCUT2D eigenvalue weighted by Crippen LogP contribution is -2.32. The van der Waals surface area contributed by atoms with Crippen molar-refractivity contribution in [2.75, 3.05) is 10.2 Å². The van der Waals surface area contributed by atoms with Gasteiger partial charge in [0.1, 0.15) is 10.7 Å². The summed E-state index contributed by atoms with van der Waals surface area (Å²) in [6, 6.07) is 10.7. The molecule has 0 aromatic heterocycles. The molecule has 1 heterocycles. The van der Waals surface area contributed by atoms with Crippen LogP contribution in [0.1, 0.15) is 16.7 Å². The third kappa shape index (κ3) is 3.03. The van der Waals surface area contributed by atoms with Crippen LogP contribution in [0.5, 0.6) is 0 Å². The Hall–Kier alpha value is -2.30. The summed E-state index contributed by atoms with van der Waals surface area (Å²) in [4.78, 5) is 26.4. The fraction of sp³-hybridized carbons (Fsp3) is 0.158. The Morgan fingerprint density at radius 3 is 2.32 bits per heavy atom. The van der Waals surface area contributed by atoms with E-state index < -0.39 is 11.8 Å². The van der Waals surface area contributed by atoms with Crippen LogP contribution in [-0.2, 0) is 9.59 Å². The number of anilines is 2. The summed E-state index contributed by atoms with van der Waals surface area (Å²) in [6.45, 7) is 5.72. The highest BCUT2D eigenvalue weighted by Gasteiger charge is 2.39. The van der Waals surface area contributed by atoms with E-state index in [0.29, 0.717) is 22.0 Å². The molecule has 0 aliphatic carbocycles. The van der Waals surface area contributed by atoms with Crippen molar-refractivity contribution < 1.29 is 9.59 Å². The van der Waals surface area contributed by atoms with Crippen molar-refractivity contribution >= 4 is 46.4 Å². The molecule has 2 aromatic carbocycles. The second-order valence-electron chi connectivity index (χ2n) is 5.94. The zero-order valence-corrected chi connectivity index (χ0v) is 15.5. The number of hydrogen-bond donors (Lipinski definition) is 1. The van der Waals surface area contributed by atoms with Gasteiger partial charge in [0, 0.05) is 10.7 Å². The van der Waals surface area contributed by atoms with Crippen molar-refractivity contribution in [3.63, 3.8) is 0 Å². The first-order valence-electron chi connectivity index (χ1n) is 7.69. The van der Waals surface area contributed by atoms with Gasteiger partial charge in [-0.05, 0) is 61.7 Å². The zero-order chi connectivity index (χ0) is 18.3. The monoisotopic (exact) mass is 374 g/mol. The first-order chi connectivity index (χ1) is 11.8. The predicted octanol–water partition coefficient (Wildman–Crippen LogP) is 4.70. The van der Waals surface area contributed by atoms with Gasteiger partial charge in [0.15, 0.2) is 0 Å². The normalized spacial score (nSPS) is 14.5. The van der Waals surface area contributed by atoms with Gasteiger partial charge in [0.25, 0.3) is 11.8 Å². The highest BCUT2D eigenvalue weighted by atomic mass is 35.5. The molecule has 0 radical (unpaired) electrons. The first kappa shape index (κ1) is 17.5. The molecular weight excluding hydrogens is 359 g/mol. The molecule has 2 amide bonds. The molecule has 0 saturated heterocycles. The Morgan fingerprint density at radius 2 is 1.64 bits per heavy atom. The summed E-state index contributed by atoms with van der Waals surface area (Å²) in [5, 5.41) is 3.32. The van der Waals surface area contributed by atoms with Gasteiger partial charge >= 0.3 is 0 Å². The van der Waals surface area contributed by atoms with Gasteiger partial charge in [-0.2, -0.15) is 0 Å². The van der Waals surface area contributed by atoms with Gasteiger partial charge in [-0.25, -0.2) is 4.90 Å². The van der Waals surface area contributed by atoms with Gasteiger partial charge in [0.2, 0.25) is 0 Å². The Labute approximate surface area is 156 Å². The summed E-state index contributed by atoms with van der Waals surface area (Å²) in [6.07, 6.45) is 0. The van der Waals surface area contributed by atoms with Crippen molar-refractivity contribution in [1.29, 1.82) is 0 Å². The number of nitrogens with zero attached hydrogens (tertiary/aromatic N) is 1. The lowest BCUT2D eigenvalue weighted by atomic mass is 10.1. The van der Waals surface area contributed by atoms with Gasteiger partial charge in [0.05, 0.1) is 5.69 Å². The molecule has 0 spiro atoms. The van der Waals surface area contributed by atoms with Crippen LogP contribution >= 0.6 is 23.2 Å². The van der Waals surface area contributed by atoms with Gasteiger partial charge in [-0.3, -0.25) is 9.59 Å². The van der Waals surface area contributed by atoms with Crippen molar-refractivity contribution in [2.45, 2.75) is 20.8 Å². The first-order valence-corrected chi connectivity index (χ1v) is 8.45. The fourth-order valence-corrected chi connectivity index (χ4v) is 3.01. The molecule has 4 nitrogen and oxygen atoms in total. The molecular formula is C19H16Cl2N2O2. The van der Waals surface area contributed by atoms with Gasteiger partial charge in [-0.15, -0.1) is 0 Å². The highest BCUT2D eigenvalue weighted by molar-refractivity contribution is 6.53. The van der Waals surface area contributed by atoms with Crippen molar-refractivity contribution in [1.82, 2.24) is 0 Å². The van der Waals surface area contributed by atoms with E-state index in [2.05, 4.69) is 5.32 Å². The number of nitrogens with one attached hydrogen (secondary N) is 1. The van der Waals surface area contributed by atoms with Crippen LogP contribution in [0.3, 0.4) is 0 Å². The summed E-state index contributed by atoms with van der Waals surface area (Å²) in [5.41, 5.74) is 4.04. The Balaban J connectivity index is 1.96. The average Bonchev–Trinajstić information content (AvgIpc) is 2.78. The number of imide groups is 1. The molecule has 1 aliphatic rings. The van der Waals surface area contributed by atoms with Crippen molar-refractivity contribution in [3.8, 4) is 0 Å². The number of rotatable bonds is 3. The van der Waals surface area contributed by atoms with E-state index in [1.54, 1.807) is 25.1 Å².